The first kappa shape index (κ1) is 50.3. The minimum absolute atomic E-state index is 0.601. The van der Waals surface area contributed by atoms with Crippen molar-refractivity contribution in [2.75, 3.05) is 9.80 Å². The molecule has 1 aromatic heterocycles. The Morgan fingerprint density at radius 1 is 0.241 bits per heavy atom. The van der Waals surface area contributed by atoms with Crippen molar-refractivity contribution in [2.45, 2.75) is 10.8 Å². The van der Waals surface area contributed by atoms with E-state index in [4.69, 9.17) is 0 Å². The minimum Gasteiger partial charge on any atom is -0.310 e. The molecule has 0 saturated heterocycles. The maximum Gasteiger partial charge on any atom is 0.0714 e. The van der Waals surface area contributed by atoms with Crippen molar-refractivity contribution in [3.63, 3.8) is 0 Å². The molecule has 2 aliphatic rings. The molecule has 15 aromatic rings. The molecule has 1 heterocycles. The molecule has 0 N–H and O–H groups in total. The molecule has 0 fully saturated rings. The summed E-state index contributed by atoms with van der Waals surface area (Å²) in [6, 6.07) is 129. The van der Waals surface area contributed by atoms with Crippen LogP contribution in [0.2, 0.25) is 0 Å². The molecule has 87 heavy (non-hydrogen) atoms. The van der Waals surface area contributed by atoms with Gasteiger partial charge in [0, 0.05) is 39.2 Å². The van der Waals surface area contributed by atoms with Gasteiger partial charge in [-0.1, -0.05) is 267 Å². The third-order valence-electron chi connectivity index (χ3n) is 18.7. The maximum absolute atomic E-state index is 2.53. The van der Waals surface area contributed by atoms with Crippen molar-refractivity contribution in [3.8, 4) is 27.9 Å². The fraction of sp³-hybridized carbons (Fsp3) is 0.0238. The van der Waals surface area contributed by atoms with E-state index in [1.54, 1.807) is 0 Å². The molecule has 408 valence electrons. The second-order valence-electron chi connectivity index (χ2n) is 23.1. The summed E-state index contributed by atoms with van der Waals surface area (Å²) in [6.45, 7) is 0. The molecular weight excluding hydrogens is 1050 g/mol. The molecule has 0 unspecified atom stereocenters. The molecular formula is C84H57N3. The third-order valence-corrected chi connectivity index (χ3v) is 18.7. The molecule has 0 radical (unpaired) electrons. The Balaban J connectivity index is 0.981. The van der Waals surface area contributed by atoms with Gasteiger partial charge in [0.1, 0.15) is 0 Å². The molecule has 0 bridgehead atoms. The zero-order valence-corrected chi connectivity index (χ0v) is 47.8. The van der Waals surface area contributed by atoms with Crippen molar-refractivity contribution in [1.29, 1.82) is 0 Å². The molecule has 3 nitrogen and oxygen atoms in total. The van der Waals surface area contributed by atoms with Crippen LogP contribution in [0.3, 0.4) is 0 Å². The lowest BCUT2D eigenvalue weighted by Gasteiger charge is -2.35. The lowest BCUT2D eigenvalue weighted by atomic mass is 9.67. The van der Waals surface area contributed by atoms with Gasteiger partial charge in [0.25, 0.3) is 0 Å². The number of fused-ring (bicyclic) bond motifs is 10. The average molecular weight is 1110 g/mol. The quantitative estimate of drug-likeness (QED) is 0.128. The highest BCUT2D eigenvalue weighted by atomic mass is 15.2. The van der Waals surface area contributed by atoms with Crippen molar-refractivity contribution >= 4 is 66.7 Å². The van der Waals surface area contributed by atoms with Crippen LogP contribution in [-0.4, -0.2) is 4.57 Å². The number of nitrogens with zero attached hydrogens (tertiary/aromatic N) is 3. The number of benzene rings is 14. The Morgan fingerprint density at radius 2 is 0.655 bits per heavy atom. The number of hydrogen-bond acceptors (Lipinski definition) is 2. The molecule has 2 aliphatic carbocycles. The van der Waals surface area contributed by atoms with E-state index < -0.39 is 10.8 Å². The Kier molecular flexibility index (Phi) is 11.7. The van der Waals surface area contributed by atoms with Crippen molar-refractivity contribution in [2.24, 2.45) is 0 Å². The van der Waals surface area contributed by atoms with Crippen LogP contribution in [0.4, 0.5) is 34.1 Å². The average Bonchev–Trinajstić information content (AvgIpc) is 1.61. The molecule has 0 spiro atoms. The van der Waals surface area contributed by atoms with Gasteiger partial charge in [0.2, 0.25) is 0 Å². The van der Waals surface area contributed by atoms with Crippen LogP contribution < -0.4 is 9.80 Å². The van der Waals surface area contributed by atoms with E-state index in [2.05, 4.69) is 360 Å². The zero-order chi connectivity index (χ0) is 57.5. The Bertz CT molecular complexity index is 5020. The predicted molar refractivity (Wildman–Crippen MR) is 362 cm³/mol. The molecule has 0 amide bonds. The SMILES string of the molecule is c1ccc(N(c2ccc3c(c2)C(c2ccccc2)(c2ccccc2)c2ccccc2-3)c2cc(N(c3ccccc3)c3ccc4c(c3)C(c3ccccc3)(c3ccccc3)c3ccccc3-4)c3c4ccccc4n(-c4ccc5ccccc5c4)c3c2)cc1. The summed E-state index contributed by atoms with van der Waals surface area (Å²) in [5.41, 5.74) is 23.3. The summed E-state index contributed by atoms with van der Waals surface area (Å²) in [6.07, 6.45) is 0. The van der Waals surface area contributed by atoms with Crippen LogP contribution in [0.15, 0.2) is 346 Å². The molecule has 0 atom stereocenters. The van der Waals surface area contributed by atoms with Crippen LogP contribution in [0, 0.1) is 0 Å². The predicted octanol–water partition coefficient (Wildman–Crippen LogP) is 21.6. The van der Waals surface area contributed by atoms with Crippen LogP contribution >= 0.6 is 0 Å². The van der Waals surface area contributed by atoms with Crippen molar-refractivity contribution in [3.05, 3.63) is 390 Å². The van der Waals surface area contributed by atoms with E-state index in [-0.39, 0.29) is 0 Å². The summed E-state index contributed by atoms with van der Waals surface area (Å²) in [7, 11) is 0. The molecule has 3 heteroatoms. The van der Waals surface area contributed by atoms with Crippen molar-refractivity contribution in [1.82, 2.24) is 4.57 Å². The normalized spacial score (nSPS) is 13.2. The van der Waals surface area contributed by atoms with E-state index in [1.807, 2.05) is 0 Å². The molecule has 14 aromatic carbocycles. The van der Waals surface area contributed by atoms with E-state index in [0.29, 0.717) is 0 Å². The van der Waals surface area contributed by atoms with E-state index in [9.17, 15) is 0 Å². The van der Waals surface area contributed by atoms with Gasteiger partial charge in [0.15, 0.2) is 0 Å². The van der Waals surface area contributed by atoms with Gasteiger partial charge in [-0.3, -0.25) is 0 Å². The van der Waals surface area contributed by atoms with Crippen LogP contribution in [0.5, 0.6) is 0 Å². The fourth-order valence-corrected chi connectivity index (χ4v) is 15.1. The highest BCUT2D eigenvalue weighted by molar-refractivity contribution is 6.18. The Labute approximate surface area is 507 Å². The van der Waals surface area contributed by atoms with Gasteiger partial charge >= 0.3 is 0 Å². The summed E-state index contributed by atoms with van der Waals surface area (Å²) >= 11 is 0. The highest BCUT2D eigenvalue weighted by Gasteiger charge is 2.48. The molecule has 0 saturated carbocycles. The summed E-state index contributed by atoms with van der Waals surface area (Å²) in [5, 5.41) is 4.71. The van der Waals surface area contributed by atoms with Gasteiger partial charge in [-0.15, -0.1) is 0 Å². The molecule has 17 rings (SSSR count). The van der Waals surface area contributed by atoms with E-state index >= 15 is 0 Å². The number of hydrogen-bond donors (Lipinski definition) is 0. The lowest BCUT2D eigenvalue weighted by Crippen LogP contribution is -2.28. The summed E-state index contributed by atoms with van der Waals surface area (Å²) in [5.74, 6) is 0. The fourth-order valence-electron chi connectivity index (χ4n) is 15.1. The smallest absolute Gasteiger partial charge is 0.0714 e. The van der Waals surface area contributed by atoms with Crippen LogP contribution in [0.1, 0.15) is 44.5 Å². The molecule has 0 aliphatic heterocycles. The largest absolute Gasteiger partial charge is 0.310 e. The number of rotatable bonds is 11. The minimum atomic E-state index is -0.609. The number of para-hydroxylation sites is 3. The Hall–Kier alpha value is -11.3. The second kappa shape index (κ2) is 20.2. The van der Waals surface area contributed by atoms with Crippen LogP contribution in [-0.2, 0) is 10.8 Å². The first-order chi connectivity index (χ1) is 43.2. The number of aromatic nitrogens is 1. The van der Waals surface area contributed by atoms with E-state index in [0.717, 1.165) is 61.6 Å². The lowest BCUT2D eigenvalue weighted by molar-refractivity contribution is 0.768. The summed E-state index contributed by atoms with van der Waals surface area (Å²) in [4.78, 5) is 5.03. The second-order valence-corrected chi connectivity index (χ2v) is 23.1. The van der Waals surface area contributed by atoms with Crippen molar-refractivity contribution < 1.29 is 0 Å². The summed E-state index contributed by atoms with van der Waals surface area (Å²) < 4.78 is 2.50. The Morgan fingerprint density at radius 3 is 1.18 bits per heavy atom. The first-order valence-corrected chi connectivity index (χ1v) is 30.2. The van der Waals surface area contributed by atoms with Gasteiger partial charge < -0.3 is 14.4 Å². The first-order valence-electron chi connectivity index (χ1n) is 30.2. The standard InChI is InChI=1S/C84H57N3/c1-7-29-60(30-8-1)83(61-31-9-2-10-32-61)75-44-24-21-41-70(75)72-51-49-67(54-77(72)83)85(64-37-15-5-16-38-64)69-56-80(82-74-43-23-26-46-79(74)87(81(82)57-69)66-48-47-58-27-19-20-28-59(58)53-66)86(65-39-17-6-18-40-65)68-50-52-73-71-42-22-25-45-76(71)84(78(73)55-68,62-33-11-3-12-34-62)63-35-13-4-14-36-63/h1-57H. The van der Waals surface area contributed by atoms with E-state index in [1.165, 1.54) is 77.5 Å². The number of anilines is 6. The highest BCUT2D eigenvalue weighted by Crippen LogP contribution is 2.60. The van der Waals surface area contributed by atoms with Gasteiger partial charge in [-0.2, -0.15) is 0 Å². The van der Waals surface area contributed by atoms with Gasteiger partial charge in [-0.25, -0.2) is 0 Å². The third kappa shape index (κ3) is 7.62. The van der Waals surface area contributed by atoms with Gasteiger partial charge in [-0.05, 0) is 156 Å². The van der Waals surface area contributed by atoms with Gasteiger partial charge in [0.05, 0.1) is 33.2 Å². The van der Waals surface area contributed by atoms with Crippen LogP contribution in [0.25, 0.3) is 60.5 Å². The monoisotopic (exact) mass is 1110 g/mol. The topological polar surface area (TPSA) is 11.4 Å². The zero-order valence-electron chi connectivity index (χ0n) is 47.8. The maximum atomic E-state index is 2.53.